The number of hydrogen-bond donors (Lipinski definition) is 2. The molecule has 0 heterocycles. The number of rotatable bonds is 6. The van der Waals surface area contributed by atoms with Gasteiger partial charge in [-0.1, -0.05) is 38.1 Å². The Morgan fingerprint density at radius 1 is 0.795 bits per heavy atom. The molecule has 0 fully saturated rings. The van der Waals surface area contributed by atoms with E-state index in [-0.39, 0.29) is 23.6 Å². The van der Waals surface area contributed by atoms with Gasteiger partial charge in [0.1, 0.15) is 18.7 Å². The summed E-state index contributed by atoms with van der Waals surface area (Å²) in [7, 11) is 6.18. The van der Waals surface area contributed by atoms with E-state index < -0.39 is 5.60 Å². The summed E-state index contributed by atoms with van der Waals surface area (Å²) in [5, 5.41) is 14.9. The van der Waals surface area contributed by atoms with Gasteiger partial charge in [-0.3, -0.25) is 14.4 Å². The van der Waals surface area contributed by atoms with Gasteiger partial charge in [-0.2, -0.15) is 0 Å². The molecule has 0 saturated carbocycles. The van der Waals surface area contributed by atoms with Gasteiger partial charge in [0.15, 0.2) is 0 Å². The smallest absolute Gasteiger partial charge is 0.307 e. The first-order valence-electron chi connectivity index (χ1n) is 14.6. The number of allylic oxidation sites excluding steroid dienone is 4. The molecule has 0 saturated heterocycles. The highest BCUT2D eigenvalue weighted by molar-refractivity contribution is 5.80. The van der Waals surface area contributed by atoms with Crippen molar-refractivity contribution < 1.29 is 43.3 Å². The SMILES string of the molecule is C/C=C(/C)OC(C)=O.C/C=C/C.CC/C(C)=N\OC.CCC(C)(C)O.CCC(C)=O.CCOC.CNC(C)=O.COC(C)=O. The molecular formula is C33H70N2O9. The Bertz CT molecular complexity index is 671. The molecule has 2 N–H and O–H groups in total. The van der Waals surface area contributed by atoms with Crippen LogP contribution >= 0.6 is 0 Å². The number of nitrogens with zero attached hydrogens (tertiary/aromatic N) is 1. The predicted octanol–water partition coefficient (Wildman–Crippen LogP) is 7.21. The van der Waals surface area contributed by atoms with Crippen molar-refractivity contribution in [1.29, 1.82) is 0 Å². The summed E-state index contributed by atoms with van der Waals surface area (Å²) in [6.07, 6.45) is 8.20. The summed E-state index contributed by atoms with van der Waals surface area (Å²) in [5.41, 5.74) is 0.572. The molecule has 266 valence electrons. The summed E-state index contributed by atoms with van der Waals surface area (Å²) in [4.78, 5) is 43.7. The van der Waals surface area contributed by atoms with Crippen molar-refractivity contribution in [1.82, 2.24) is 5.32 Å². The van der Waals surface area contributed by atoms with Crippen LogP contribution in [0.25, 0.3) is 0 Å². The van der Waals surface area contributed by atoms with Crippen LogP contribution in [0.2, 0.25) is 0 Å². The van der Waals surface area contributed by atoms with Gasteiger partial charge in [0.05, 0.1) is 18.4 Å². The third-order valence-electron chi connectivity index (χ3n) is 4.09. The van der Waals surface area contributed by atoms with E-state index in [0.717, 1.165) is 25.2 Å². The molecule has 11 nitrogen and oxygen atoms in total. The van der Waals surface area contributed by atoms with Crippen LogP contribution in [-0.4, -0.2) is 75.0 Å². The Hall–Kier alpha value is -3.05. The van der Waals surface area contributed by atoms with E-state index in [1.165, 1.54) is 27.9 Å². The maximum Gasteiger partial charge on any atom is 0.307 e. The van der Waals surface area contributed by atoms with Gasteiger partial charge in [-0.15, -0.1) is 0 Å². The monoisotopic (exact) mass is 639 g/mol. The zero-order valence-electron chi connectivity index (χ0n) is 31.7. The lowest BCUT2D eigenvalue weighted by Crippen LogP contribution is -2.15. The Labute approximate surface area is 270 Å². The highest BCUT2D eigenvalue weighted by atomic mass is 16.6. The maximum absolute atomic E-state index is 10.1. The first-order valence-corrected chi connectivity index (χ1v) is 14.6. The van der Waals surface area contributed by atoms with Gasteiger partial charge in [0.25, 0.3) is 0 Å². The number of oxime groups is 1. The molecular weight excluding hydrogens is 568 g/mol. The molecule has 0 aromatic rings. The number of ketones is 1. The highest BCUT2D eigenvalue weighted by Crippen LogP contribution is 2.03. The van der Waals surface area contributed by atoms with Crippen LogP contribution in [0.4, 0.5) is 0 Å². The van der Waals surface area contributed by atoms with Crippen molar-refractivity contribution in [2.75, 3.05) is 35.0 Å². The second kappa shape index (κ2) is 52.6. The summed E-state index contributed by atoms with van der Waals surface area (Å²) < 4.78 is 13.3. The summed E-state index contributed by atoms with van der Waals surface area (Å²) in [6, 6.07) is 0. The third kappa shape index (κ3) is 156. The molecule has 0 atom stereocenters. The van der Waals surface area contributed by atoms with Crippen LogP contribution in [0.3, 0.4) is 0 Å². The molecule has 0 spiro atoms. The van der Waals surface area contributed by atoms with E-state index in [4.69, 9.17) is 5.11 Å². The number of carbonyl (C=O) groups excluding carboxylic acids is 4. The standard InChI is InChI=1S/C6H10O2.C5H11NO.C5H12O.C4H8O.C4H8.C3H7NO.C3H6O2.C3H8O/c1-4-5(2)8-6(3)7;1-4-5(2)6-7-3;1-4-5(2,3)6;1-3-4(2)5;1-3-4-2;1-3(5)4-2;1-3(4)5-2;1-3-4-2/h4H,1-3H3;4H2,1-3H3;6H,4H2,1-3H3;3H2,1-2H3;3-4H,1-2H3;1-2H3,(H,4,5);1-2H3;3H2,1-2H3/b5-4-;6-5-;;;4-3+;;;. The Kier molecular flexibility index (Phi) is 71.9. The normalized spacial score (nSPS) is 9.45. The highest BCUT2D eigenvalue weighted by Gasteiger charge is 2.05. The fraction of sp³-hybridized carbons (Fsp3) is 0.727. The molecule has 0 radical (unpaired) electrons. The molecule has 0 aromatic heterocycles. The minimum Gasteiger partial charge on any atom is -0.469 e. The average Bonchev–Trinajstić information content (AvgIpc) is 2.98. The molecule has 44 heavy (non-hydrogen) atoms. The molecule has 0 unspecified atom stereocenters. The number of amides is 1. The predicted molar refractivity (Wildman–Crippen MR) is 185 cm³/mol. The van der Waals surface area contributed by atoms with E-state index in [9.17, 15) is 19.2 Å². The second-order valence-corrected chi connectivity index (χ2v) is 8.82. The number of methoxy groups -OCH3 is 2. The third-order valence-corrected chi connectivity index (χ3v) is 4.09. The van der Waals surface area contributed by atoms with Crippen molar-refractivity contribution >= 4 is 29.3 Å². The molecule has 0 rings (SSSR count). The zero-order chi connectivity index (χ0) is 37.2. The zero-order valence-corrected chi connectivity index (χ0v) is 31.7. The van der Waals surface area contributed by atoms with E-state index in [2.05, 4.69) is 29.5 Å². The summed E-state index contributed by atoms with van der Waals surface area (Å²) in [5.74, 6) is 0.401. The van der Waals surface area contributed by atoms with Crippen molar-refractivity contribution in [3.8, 4) is 0 Å². The van der Waals surface area contributed by atoms with E-state index >= 15 is 0 Å². The van der Waals surface area contributed by atoms with Crippen molar-refractivity contribution in [2.45, 2.75) is 129 Å². The van der Waals surface area contributed by atoms with Gasteiger partial charge < -0.3 is 34.3 Å². The van der Waals surface area contributed by atoms with Crippen LogP contribution < -0.4 is 5.32 Å². The fourth-order valence-electron chi connectivity index (χ4n) is 0.506. The maximum atomic E-state index is 10.1. The largest absolute Gasteiger partial charge is 0.469 e. The minimum atomic E-state index is -0.458. The number of hydrogen-bond acceptors (Lipinski definition) is 10. The Morgan fingerprint density at radius 2 is 1.11 bits per heavy atom. The van der Waals surface area contributed by atoms with Crippen molar-refractivity contribution in [3.05, 3.63) is 24.0 Å². The van der Waals surface area contributed by atoms with E-state index in [1.807, 2.05) is 67.5 Å². The fourth-order valence-corrected chi connectivity index (χ4v) is 0.506. The minimum absolute atomic E-state index is 0.00463. The number of carbonyl (C=O) groups is 4. The number of nitrogens with one attached hydrogen (secondary N) is 1. The molecule has 11 heteroatoms. The number of Topliss-reactive ketones (excluding diaryl/α,β-unsaturated/α-hetero) is 1. The lowest BCUT2D eigenvalue weighted by Gasteiger charge is -2.11. The molecule has 0 bridgehead atoms. The number of ether oxygens (including phenoxy) is 3. The average molecular weight is 639 g/mol. The van der Waals surface area contributed by atoms with E-state index in [0.29, 0.717) is 12.2 Å². The number of aliphatic hydroxyl groups is 1. The van der Waals surface area contributed by atoms with Crippen molar-refractivity contribution in [3.63, 3.8) is 0 Å². The Balaban J connectivity index is -0.0000000568. The van der Waals surface area contributed by atoms with Crippen LogP contribution in [0.15, 0.2) is 29.1 Å². The molecule has 0 aliphatic rings. The van der Waals surface area contributed by atoms with Crippen LogP contribution in [0, 0.1) is 0 Å². The lowest BCUT2D eigenvalue weighted by molar-refractivity contribution is -0.138. The molecule has 0 aliphatic heterocycles. The van der Waals surface area contributed by atoms with Crippen molar-refractivity contribution in [2.24, 2.45) is 5.16 Å². The van der Waals surface area contributed by atoms with Gasteiger partial charge in [0, 0.05) is 48.0 Å². The van der Waals surface area contributed by atoms with Gasteiger partial charge in [-0.05, 0) is 81.2 Å². The van der Waals surface area contributed by atoms with Crippen LogP contribution in [-0.2, 0) is 38.2 Å². The Morgan fingerprint density at radius 3 is 1.16 bits per heavy atom. The molecule has 0 aliphatic carbocycles. The van der Waals surface area contributed by atoms with Gasteiger partial charge >= 0.3 is 11.9 Å². The van der Waals surface area contributed by atoms with Gasteiger partial charge in [-0.25, -0.2) is 0 Å². The lowest BCUT2D eigenvalue weighted by atomic mass is 10.1. The second-order valence-electron chi connectivity index (χ2n) is 8.82. The molecule has 1 amide bonds. The van der Waals surface area contributed by atoms with Crippen LogP contribution in [0.5, 0.6) is 0 Å². The topological polar surface area (TPSA) is 150 Å². The molecule has 0 aromatic carbocycles. The quantitative estimate of drug-likeness (QED) is 0.101. The number of esters is 2. The first-order chi connectivity index (χ1) is 20.2. The van der Waals surface area contributed by atoms with Gasteiger partial charge in [0.2, 0.25) is 5.91 Å². The summed E-state index contributed by atoms with van der Waals surface area (Å²) in [6.45, 7) is 27.5. The van der Waals surface area contributed by atoms with Crippen LogP contribution in [0.1, 0.15) is 123 Å². The van der Waals surface area contributed by atoms with E-state index in [1.54, 1.807) is 55.0 Å². The first kappa shape index (κ1) is 60.2. The summed E-state index contributed by atoms with van der Waals surface area (Å²) >= 11 is 0.